The first kappa shape index (κ1) is 21.0. The molecule has 30 heavy (non-hydrogen) atoms. The Morgan fingerprint density at radius 3 is 2.70 bits per heavy atom. The first-order chi connectivity index (χ1) is 14.5. The number of allylic oxidation sites excluding steroid dienone is 3. The molecular formula is C21H27FN4O3S. The number of aromatic nitrogens is 1. The Morgan fingerprint density at radius 2 is 1.93 bits per heavy atom. The van der Waals surface area contributed by atoms with Gasteiger partial charge >= 0.3 is 0 Å². The normalized spacial score (nSPS) is 22.8. The van der Waals surface area contributed by atoms with Gasteiger partial charge in [0.15, 0.2) is 11.4 Å². The van der Waals surface area contributed by atoms with Gasteiger partial charge in [-0.3, -0.25) is 4.90 Å². The van der Waals surface area contributed by atoms with Crippen molar-refractivity contribution in [1.29, 1.82) is 0 Å². The highest BCUT2D eigenvalue weighted by Gasteiger charge is 2.41. The van der Waals surface area contributed by atoms with Crippen LogP contribution in [0, 0.1) is 0 Å². The van der Waals surface area contributed by atoms with Crippen molar-refractivity contribution in [1.82, 2.24) is 14.8 Å². The third-order valence-corrected chi connectivity index (χ3v) is 7.44. The molecule has 0 bridgehead atoms. The average Bonchev–Trinajstić information content (AvgIpc) is 3.18. The van der Waals surface area contributed by atoms with Gasteiger partial charge in [-0.15, -0.1) is 0 Å². The Balaban J connectivity index is 1.18. The summed E-state index contributed by atoms with van der Waals surface area (Å²) in [6.07, 6.45) is 7.09. The number of fused-ring (bicyclic) bond motifs is 1. The Kier molecular flexibility index (Phi) is 6.21. The fraction of sp³-hybridized carbons (Fsp3) is 0.476. The molecule has 1 saturated heterocycles. The number of nitrogens with zero attached hydrogens (tertiary/aromatic N) is 3. The molecule has 7 nitrogen and oxygen atoms in total. The van der Waals surface area contributed by atoms with E-state index in [4.69, 9.17) is 4.52 Å². The zero-order chi connectivity index (χ0) is 21.0. The maximum absolute atomic E-state index is 14.6. The highest BCUT2D eigenvalue weighted by Crippen LogP contribution is 2.28. The van der Waals surface area contributed by atoms with Crippen LogP contribution in [0.1, 0.15) is 19.3 Å². The van der Waals surface area contributed by atoms with E-state index in [2.05, 4.69) is 19.7 Å². The van der Waals surface area contributed by atoms with Gasteiger partial charge in [0.25, 0.3) is 10.0 Å². The second-order valence-corrected chi connectivity index (χ2v) is 9.69. The van der Waals surface area contributed by atoms with Gasteiger partial charge < -0.3 is 9.42 Å². The largest absolute Gasteiger partial charge is 0.354 e. The lowest BCUT2D eigenvalue weighted by Gasteiger charge is -2.34. The molecule has 0 radical (unpaired) electrons. The fourth-order valence-electron chi connectivity index (χ4n) is 3.84. The van der Waals surface area contributed by atoms with E-state index >= 15 is 0 Å². The van der Waals surface area contributed by atoms with Gasteiger partial charge in [0.05, 0.1) is 5.39 Å². The topological polar surface area (TPSA) is 78.7 Å². The minimum absolute atomic E-state index is 0.149. The number of benzene rings is 1. The van der Waals surface area contributed by atoms with Gasteiger partial charge in [-0.2, -0.15) is 0 Å². The molecule has 0 amide bonds. The van der Waals surface area contributed by atoms with E-state index < -0.39 is 15.0 Å². The summed E-state index contributed by atoms with van der Waals surface area (Å²) in [5.41, 5.74) is 0.798. The minimum Gasteiger partial charge on any atom is -0.354 e. The summed E-state index contributed by atoms with van der Waals surface area (Å²) in [4.78, 5) is 4.60. The summed E-state index contributed by atoms with van der Waals surface area (Å²) in [5.74, 6) is 0.895. The standard InChI is InChI=1S/C21H27FN4O3S/c22-21(10-4-1-5-11-21)30(27,28)23-12-6-7-13-25-14-16-26(17-15-25)20-18-8-2-3-9-19(18)29-24-20/h1-5,8-10,23H,6-7,11-17H2. The van der Waals surface area contributed by atoms with Crippen LogP contribution in [0.25, 0.3) is 11.0 Å². The summed E-state index contributed by atoms with van der Waals surface area (Å²) in [6.45, 7) is 4.70. The van der Waals surface area contributed by atoms with E-state index in [-0.39, 0.29) is 13.0 Å². The van der Waals surface area contributed by atoms with E-state index in [1.54, 1.807) is 6.08 Å². The number of anilines is 1. The molecule has 1 aromatic carbocycles. The number of alkyl halides is 1. The quantitative estimate of drug-likeness (QED) is 0.644. The summed E-state index contributed by atoms with van der Waals surface area (Å²) >= 11 is 0. The van der Waals surface area contributed by atoms with Gasteiger partial charge in [0, 0.05) is 39.1 Å². The monoisotopic (exact) mass is 434 g/mol. The number of para-hydroxylation sites is 1. The predicted molar refractivity (Wildman–Crippen MR) is 116 cm³/mol. The third kappa shape index (κ3) is 4.43. The molecule has 0 spiro atoms. The Morgan fingerprint density at radius 1 is 1.13 bits per heavy atom. The van der Waals surface area contributed by atoms with Crippen molar-refractivity contribution < 1.29 is 17.3 Å². The molecule has 2 heterocycles. The van der Waals surface area contributed by atoms with Crippen LogP contribution in [0.15, 0.2) is 53.1 Å². The lowest BCUT2D eigenvalue weighted by molar-refractivity contribution is 0.251. The number of halogens is 1. The van der Waals surface area contributed by atoms with Crippen LogP contribution in [0.3, 0.4) is 0 Å². The van der Waals surface area contributed by atoms with Crippen molar-refractivity contribution >= 4 is 26.8 Å². The summed E-state index contributed by atoms with van der Waals surface area (Å²) in [7, 11) is -4.03. The van der Waals surface area contributed by atoms with Crippen molar-refractivity contribution in [2.45, 2.75) is 24.3 Å². The number of hydrogen-bond acceptors (Lipinski definition) is 6. The smallest absolute Gasteiger partial charge is 0.250 e. The summed E-state index contributed by atoms with van der Waals surface area (Å²) in [5, 5.41) is 2.92. The van der Waals surface area contributed by atoms with E-state index in [0.717, 1.165) is 62.0 Å². The van der Waals surface area contributed by atoms with Crippen molar-refractivity contribution in [2.75, 3.05) is 44.2 Å². The number of rotatable bonds is 8. The van der Waals surface area contributed by atoms with Gasteiger partial charge in [0.1, 0.15) is 0 Å². The van der Waals surface area contributed by atoms with Crippen LogP contribution in [0.2, 0.25) is 0 Å². The Hall–Kier alpha value is -2.23. The lowest BCUT2D eigenvalue weighted by atomic mass is 10.1. The predicted octanol–water partition coefficient (Wildman–Crippen LogP) is 2.83. The van der Waals surface area contributed by atoms with E-state index in [1.807, 2.05) is 24.3 Å². The Labute approximate surface area is 176 Å². The molecule has 162 valence electrons. The van der Waals surface area contributed by atoms with Crippen LogP contribution in [0.5, 0.6) is 0 Å². The minimum atomic E-state index is -4.03. The maximum Gasteiger partial charge on any atom is 0.250 e. The first-order valence-electron chi connectivity index (χ1n) is 10.3. The lowest BCUT2D eigenvalue weighted by Crippen LogP contribution is -2.47. The molecule has 1 fully saturated rings. The summed E-state index contributed by atoms with van der Waals surface area (Å²) < 4.78 is 46.8. The van der Waals surface area contributed by atoms with Gasteiger partial charge in [-0.05, 0) is 37.6 Å². The molecule has 9 heteroatoms. The molecule has 2 aliphatic rings. The first-order valence-corrected chi connectivity index (χ1v) is 11.8. The molecule has 1 aromatic heterocycles. The SMILES string of the molecule is O=S(=O)(NCCCCN1CCN(c2noc3ccccc23)CC1)C1(F)C=CC=CC1. The Bertz CT molecular complexity index is 1030. The third-order valence-electron chi connectivity index (χ3n) is 5.66. The van der Waals surface area contributed by atoms with Gasteiger partial charge in [-0.1, -0.05) is 35.5 Å². The van der Waals surface area contributed by atoms with Crippen LogP contribution in [-0.4, -0.2) is 62.7 Å². The number of nitrogens with one attached hydrogen (secondary N) is 1. The number of sulfonamides is 1. The van der Waals surface area contributed by atoms with E-state index in [9.17, 15) is 12.8 Å². The highest BCUT2D eigenvalue weighted by atomic mass is 32.2. The van der Waals surface area contributed by atoms with Crippen molar-refractivity contribution in [3.63, 3.8) is 0 Å². The van der Waals surface area contributed by atoms with E-state index in [0.29, 0.717) is 6.42 Å². The zero-order valence-corrected chi connectivity index (χ0v) is 17.7. The molecule has 1 N–H and O–H groups in total. The van der Waals surface area contributed by atoms with Crippen molar-refractivity contribution in [3.8, 4) is 0 Å². The highest BCUT2D eigenvalue weighted by molar-refractivity contribution is 7.90. The van der Waals surface area contributed by atoms with Crippen LogP contribution < -0.4 is 9.62 Å². The van der Waals surface area contributed by atoms with Gasteiger partial charge in [0.2, 0.25) is 5.00 Å². The van der Waals surface area contributed by atoms with Crippen LogP contribution in [-0.2, 0) is 10.0 Å². The molecule has 1 aliphatic carbocycles. The average molecular weight is 435 g/mol. The fourth-order valence-corrected chi connectivity index (χ4v) is 5.07. The zero-order valence-electron chi connectivity index (χ0n) is 16.8. The van der Waals surface area contributed by atoms with Crippen LogP contribution in [0.4, 0.5) is 10.2 Å². The summed E-state index contributed by atoms with van der Waals surface area (Å²) in [6, 6.07) is 7.86. The molecule has 2 aromatic rings. The molecular weight excluding hydrogens is 407 g/mol. The van der Waals surface area contributed by atoms with E-state index in [1.165, 1.54) is 12.2 Å². The molecule has 1 unspecified atom stereocenters. The van der Waals surface area contributed by atoms with Crippen molar-refractivity contribution in [2.24, 2.45) is 0 Å². The number of unbranched alkanes of at least 4 members (excludes halogenated alkanes) is 1. The molecule has 4 rings (SSSR count). The van der Waals surface area contributed by atoms with Crippen LogP contribution >= 0.6 is 0 Å². The van der Waals surface area contributed by atoms with Gasteiger partial charge in [-0.25, -0.2) is 17.5 Å². The molecule has 0 saturated carbocycles. The molecule has 1 aliphatic heterocycles. The maximum atomic E-state index is 14.6. The van der Waals surface area contributed by atoms with Crippen molar-refractivity contribution in [3.05, 3.63) is 48.6 Å². The molecule has 1 atom stereocenters. The second-order valence-electron chi connectivity index (χ2n) is 7.71. The number of piperazine rings is 1. The second kappa shape index (κ2) is 8.87. The number of hydrogen-bond donors (Lipinski definition) is 1.